The van der Waals surface area contributed by atoms with Crippen molar-refractivity contribution < 1.29 is 0 Å². The molecule has 1 aliphatic carbocycles. The first kappa shape index (κ1) is 16.3. The van der Waals surface area contributed by atoms with E-state index in [1.54, 1.807) is 0 Å². The topological polar surface area (TPSA) is 29.3 Å². The molecule has 108 valence electrons. The quantitative estimate of drug-likeness (QED) is 0.722. The van der Waals surface area contributed by atoms with Crippen molar-refractivity contribution >= 4 is 11.8 Å². The van der Waals surface area contributed by atoms with Crippen LogP contribution in [0.1, 0.15) is 39.5 Å². The summed E-state index contributed by atoms with van der Waals surface area (Å²) in [5.41, 5.74) is 6.31. The van der Waals surface area contributed by atoms with E-state index in [0.29, 0.717) is 12.0 Å². The molecule has 0 aromatic heterocycles. The van der Waals surface area contributed by atoms with Crippen LogP contribution in [0.2, 0.25) is 0 Å². The molecule has 1 rings (SSSR count). The van der Waals surface area contributed by atoms with Crippen molar-refractivity contribution in [3.8, 4) is 0 Å². The number of hydrogen-bond donors (Lipinski definition) is 1. The van der Waals surface area contributed by atoms with Crippen molar-refractivity contribution in [1.29, 1.82) is 0 Å². The van der Waals surface area contributed by atoms with Gasteiger partial charge in [0.2, 0.25) is 0 Å². The Morgan fingerprint density at radius 2 is 2.06 bits per heavy atom. The van der Waals surface area contributed by atoms with Crippen molar-refractivity contribution in [2.45, 2.75) is 45.6 Å². The van der Waals surface area contributed by atoms with Gasteiger partial charge in [0.15, 0.2) is 0 Å². The zero-order valence-corrected chi connectivity index (χ0v) is 13.5. The van der Waals surface area contributed by atoms with E-state index >= 15 is 0 Å². The summed E-state index contributed by atoms with van der Waals surface area (Å²) in [6.45, 7) is 7.14. The smallest absolute Gasteiger partial charge is 0.00795 e. The number of nitrogens with zero attached hydrogens (tertiary/aromatic N) is 1. The minimum absolute atomic E-state index is 0.433. The van der Waals surface area contributed by atoms with Crippen LogP contribution in [-0.2, 0) is 0 Å². The van der Waals surface area contributed by atoms with Gasteiger partial charge in [-0.25, -0.2) is 0 Å². The van der Waals surface area contributed by atoms with Crippen LogP contribution in [0, 0.1) is 17.8 Å². The second kappa shape index (κ2) is 8.44. The first-order chi connectivity index (χ1) is 8.54. The van der Waals surface area contributed by atoms with E-state index in [4.69, 9.17) is 5.73 Å². The van der Waals surface area contributed by atoms with Gasteiger partial charge in [-0.1, -0.05) is 13.8 Å². The lowest BCUT2D eigenvalue weighted by Gasteiger charge is -2.38. The second-order valence-corrected chi connectivity index (χ2v) is 7.34. The minimum atomic E-state index is 0.433. The molecule has 3 atom stereocenters. The van der Waals surface area contributed by atoms with Gasteiger partial charge in [-0.15, -0.1) is 0 Å². The molecular formula is C15H32N2S. The number of nitrogens with two attached hydrogens (primary N) is 1. The van der Waals surface area contributed by atoms with Gasteiger partial charge in [-0.3, -0.25) is 0 Å². The molecule has 0 saturated heterocycles. The first-order valence-electron chi connectivity index (χ1n) is 7.47. The van der Waals surface area contributed by atoms with Gasteiger partial charge in [0.1, 0.15) is 0 Å². The third-order valence-electron chi connectivity index (χ3n) is 4.46. The summed E-state index contributed by atoms with van der Waals surface area (Å²) in [5.74, 6) is 3.71. The summed E-state index contributed by atoms with van der Waals surface area (Å²) in [6, 6.07) is 0.433. The van der Waals surface area contributed by atoms with Crippen molar-refractivity contribution in [3.05, 3.63) is 0 Å². The van der Waals surface area contributed by atoms with E-state index in [1.165, 1.54) is 44.5 Å². The van der Waals surface area contributed by atoms with Crippen LogP contribution in [0.3, 0.4) is 0 Å². The highest BCUT2D eigenvalue weighted by molar-refractivity contribution is 7.98. The Labute approximate surface area is 118 Å². The predicted octanol–water partition coefficient (Wildman–Crippen LogP) is 3.07. The Morgan fingerprint density at radius 1 is 1.33 bits per heavy atom. The molecular weight excluding hydrogens is 240 g/mol. The molecule has 2 N–H and O–H groups in total. The van der Waals surface area contributed by atoms with Crippen LogP contribution in [0.4, 0.5) is 0 Å². The fourth-order valence-corrected chi connectivity index (χ4v) is 3.53. The molecule has 1 saturated carbocycles. The third-order valence-corrected chi connectivity index (χ3v) is 5.16. The maximum Gasteiger partial charge on any atom is 0.00795 e. The molecule has 0 aromatic carbocycles. The molecule has 0 aliphatic heterocycles. The lowest BCUT2D eigenvalue weighted by atomic mass is 9.74. The van der Waals surface area contributed by atoms with Crippen LogP contribution < -0.4 is 5.73 Å². The monoisotopic (exact) mass is 272 g/mol. The van der Waals surface area contributed by atoms with E-state index in [-0.39, 0.29) is 0 Å². The zero-order chi connectivity index (χ0) is 13.5. The summed E-state index contributed by atoms with van der Waals surface area (Å²) in [6.07, 6.45) is 7.39. The summed E-state index contributed by atoms with van der Waals surface area (Å²) < 4.78 is 0. The molecule has 0 radical (unpaired) electrons. The summed E-state index contributed by atoms with van der Waals surface area (Å²) in [4.78, 5) is 2.49. The van der Waals surface area contributed by atoms with Crippen LogP contribution in [0.15, 0.2) is 0 Å². The Balaban J connectivity index is 2.33. The standard InChI is InChI=1S/C15H32N2S/c1-12(2)13-6-7-15(16)14(10-13)11-17(3)8-5-9-18-4/h12-15H,5-11,16H2,1-4H3. The summed E-state index contributed by atoms with van der Waals surface area (Å²) >= 11 is 1.94. The van der Waals surface area contributed by atoms with Gasteiger partial charge in [0, 0.05) is 12.6 Å². The fourth-order valence-electron chi connectivity index (χ4n) is 3.11. The van der Waals surface area contributed by atoms with E-state index in [9.17, 15) is 0 Å². The Morgan fingerprint density at radius 3 is 2.67 bits per heavy atom. The molecule has 18 heavy (non-hydrogen) atoms. The first-order valence-corrected chi connectivity index (χ1v) is 8.87. The van der Waals surface area contributed by atoms with E-state index in [0.717, 1.165) is 11.8 Å². The lowest BCUT2D eigenvalue weighted by molar-refractivity contribution is 0.150. The average Bonchev–Trinajstić information content (AvgIpc) is 2.32. The number of thioether (sulfide) groups is 1. The molecule has 0 amide bonds. The zero-order valence-electron chi connectivity index (χ0n) is 12.7. The maximum absolute atomic E-state index is 6.31. The Hall–Kier alpha value is 0.270. The van der Waals surface area contributed by atoms with Gasteiger partial charge in [-0.05, 0) is 69.0 Å². The lowest BCUT2D eigenvalue weighted by Crippen LogP contribution is -2.43. The molecule has 3 unspecified atom stereocenters. The third kappa shape index (κ3) is 5.50. The largest absolute Gasteiger partial charge is 0.327 e. The highest BCUT2D eigenvalue weighted by Crippen LogP contribution is 2.33. The Bertz CT molecular complexity index is 221. The molecule has 0 bridgehead atoms. The molecule has 1 fully saturated rings. The SMILES string of the molecule is CSCCCN(C)CC1CC(C(C)C)CCC1N. The molecule has 3 heteroatoms. The number of rotatable bonds is 7. The molecule has 2 nitrogen and oxygen atoms in total. The number of hydrogen-bond acceptors (Lipinski definition) is 3. The summed E-state index contributed by atoms with van der Waals surface area (Å²) in [5, 5.41) is 0. The Kier molecular flexibility index (Phi) is 7.66. The van der Waals surface area contributed by atoms with Crippen molar-refractivity contribution in [3.63, 3.8) is 0 Å². The van der Waals surface area contributed by atoms with E-state index < -0.39 is 0 Å². The molecule has 0 spiro atoms. The van der Waals surface area contributed by atoms with Crippen LogP contribution in [0.25, 0.3) is 0 Å². The van der Waals surface area contributed by atoms with E-state index in [1.807, 2.05) is 11.8 Å². The predicted molar refractivity (Wildman–Crippen MR) is 84.1 cm³/mol. The van der Waals surface area contributed by atoms with E-state index in [2.05, 4.69) is 32.1 Å². The van der Waals surface area contributed by atoms with Crippen molar-refractivity contribution in [2.75, 3.05) is 32.1 Å². The summed E-state index contributed by atoms with van der Waals surface area (Å²) in [7, 11) is 2.26. The van der Waals surface area contributed by atoms with Crippen LogP contribution >= 0.6 is 11.8 Å². The van der Waals surface area contributed by atoms with Gasteiger partial charge in [-0.2, -0.15) is 11.8 Å². The van der Waals surface area contributed by atoms with Gasteiger partial charge >= 0.3 is 0 Å². The molecule has 0 heterocycles. The maximum atomic E-state index is 6.31. The fraction of sp³-hybridized carbons (Fsp3) is 1.00. The minimum Gasteiger partial charge on any atom is -0.327 e. The molecule has 1 aliphatic rings. The highest BCUT2D eigenvalue weighted by atomic mass is 32.2. The van der Waals surface area contributed by atoms with Gasteiger partial charge in [0.05, 0.1) is 0 Å². The molecule has 0 aromatic rings. The van der Waals surface area contributed by atoms with Crippen molar-refractivity contribution in [2.24, 2.45) is 23.5 Å². The van der Waals surface area contributed by atoms with Gasteiger partial charge in [0.25, 0.3) is 0 Å². The normalized spacial score (nSPS) is 29.2. The van der Waals surface area contributed by atoms with Crippen LogP contribution in [0.5, 0.6) is 0 Å². The second-order valence-electron chi connectivity index (χ2n) is 6.35. The van der Waals surface area contributed by atoms with Crippen LogP contribution in [-0.4, -0.2) is 43.1 Å². The van der Waals surface area contributed by atoms with Crippen molar-refractivity contribution in [1.82, 2.24) is 4.90 Å². The van der Waals surface area contributed by atoms with Gasteiger partial charge < -0.3 is 10.6 Å². The average molecular weight is 273 g/mol. The highest BCUT2D eigenvalue weighted by Gasteiger charge is 2.30.